The quantitative estimate of drug-likeness (QED) is 0.562. The van der Waals surface area contributed by atoms with Gasteiger partial charge >= 0.3 is 0 Å². The average molecular weight is 411 g/mol. The minimum Gasteiger partial charge on any atom is -0.223 e. The van der Waals surface area contributed by atoms with Crippen molar-refractivity contribution in [3.8, 4) is 0 Å². The summed E-state index contributed by atoms with van der Waals surface area (Å²) in [5.74, 6) is -1.31. The van der Waals surface area contributed by atoms with Crippen LogP contribution < -0.4 is 0 Å². The SMILES string of the molecule is C=CC[C@@H]1CCC[C@](c2cc(F)ccc2F)(S(=O)(=O)c2ccc(Cl)cc2)C1. The van der Waals surface area contributed by atoms with E-state index in [1.807, 2.05) is 0 Å². The van der Waals surface area contributed by atoms with E-state index in [0.29, 0.717) is 17.9 Å². The van der Waals surface area contributed by atoms with Crippen molar-refractivity contribution in [1.29, 1.82) is 0 Å². The lowest BCUT2D eigenvalue weighted by Gasteiger charge is -2.41. The minimum atomic E-state index is -3.98. The molecule has 2 nitrogen and oxygen atoms in total. The first kappa shape index (κ1) is 20.0. The summed E-state index contributed by atoms with van der Waals surface area (Å²) in [5, 5.41) is 0.410. The maximum atomic E-state index is 14.7. The van der Waals surface area contributed by atoms with E-state index in [9.17, 15) is 17.2 Å². The van der Waals surface area contributed by atoms with Crippen molar-refractivity contribution in [2.24, 2.45) is 5.92 Å². The molecular weight excluding hydrogens is 390 g/mol. The highest BCUT2D eigenvalue weighted by atomic mass is 35.5. The van der Waals surface area contributed by atoms with Crippen LogP contribution in [0.3, 0.4) is 0 Å². The van der Waals surface area contributed by atoms with Gasteiger partial charge in [0, 0.05) is 10.6 Å². The van der Waals surface area contributed by atoms with E-state index in [4.69, 9.17) is 11.6 Å². The smallest absolute Gasteiger partial charge is 0.188 e. The second kappa shape index (κ2) is 7.72. The summed E-state index contributed by atoms with van der Waals surface area (Å²) in [6.45, 7) is 3.74. The minimum absolute atomic E-state index is 0.0426. The Morgan fingerprint density at radius 1 is 1.19 bits per heavy atom. The summed E-state index contributed by atoms with van der Waals surface area (Å²) in [5.41, 5.74) is -0.0915. The fourth-order valence-electron chi connectivity index (χ4n) is 4.10. The van der Waals surface area contributed by atoms with Crippen LogP contribution in [0.4, 0.5) is 8.78 Å². The lowest BCUT2D eigenvalue weighted by Crippen LogP contribution is -2.41. The molecule has 2 atom stereocenters. The van der Waals surface area contributed by atoms with Crippen molar-refractivity contribution in [2.45, 2.75) is 41.7 Å². The van der Waals surface area contributed by atoms with Crippen LogP contribution in [0, 0.1) is 17.6 Å². The van der Waals surface area contributed by atoms with E-state index in [-0.39, 0.29) is 29.2 Å². The molecule has 0 spiro atoms. The van der Waals surface area contributed by atoms with Crippen molar-refractivity contribution in [3.63, 3.8) is 0 Å². The van der Waals surface area contributed by atoms with E-state index < -0.39 is 26.2 Å². The van der Waals surface area contributed by atoms with Gasteiger partial charge in [0.15, 0.2) is 9.84 Å². The van der Waals surface area contributed by atoms with Gasteiger partial charge in [-0.3, -0.25) is 0 Å². The molecule has 0 aromatic heterocycles. The fraction of sp³-hybridized carbons (Fsp3) is 0.333. The summed E-state index contributed by atoms with van der Waals surface area (Å²) in [7, 11) is -3.98. The van der Waals surface area contributed by atoms with Crippen LogP contribution in [-0.2, 0) is 14.6 Å². The average Bonchev–Trinajstić information content (AvgIpc) is 2.64. The van der Waals surface area contributed by atoms with Crippen molar-refractivity contribution in [3.05, 3.63) is 77.3 Å². The summed E-state index contributed by atoms with van der Waals surface area (Å²) in [6, 6.07) is 8.87. The lowest BCUT2D eigenvalue weighted by atomic mass is 9.76. The molecule has 0 aliphatic heterocycles. The Balaban J connectivity index is 2.22. The Morgan fingerprint density at radius 3 is 2.56 bits per heavy atom. The second-order valence-corrected chi connectivity index (χ2v) is 9.76. The van der Waals surface area contributed by atoms with Gasteiger partial charge in [-0.1, -0.05) is 30.5 Å². The molecule has 1 saturated carbocycles. The van der Waals surface area contributed by atoms with Gasteiger partial charge in [-0.25, -0.2) is 17.2 Å². The molecule has 1 fully saturated rings. The molecule has 0 N–H and O–H groups in total. The Labute approximate surface area is 163 Å². The molecule has 0 amide bonds. The Morgan fingerprint density at radius 2 is 1.89 bits per heavy atom. The van der Waals surface area contributed by atoms with E-state index in [1.54, 1.807) is 6.08 Å². The van der Waals surface area contributed by atoms with Crippen LogP contribution in [0.2, 0.25) is 5.02 Å². The van der Waals surface area contributed by atoms with Gasteiger partial charge in [-0.2, -0.15) is 0 Å². The van der Waals surface area contributed by atoms with E-state index in [0.717, 1.165) is 24.6 Å². The van der Waals surface area contributed by atoms with E-state index >= 15 is 0 Å². The highest BCUT2D eigenvalue weighted by Crippen LogP contribution is 2.50. The normalized spacial score (nSPS) is 23.1. The summed E-state index contributed by atoms with van der Waals surface area (Å²) in [6.07, 6.45) is 4.30. The van der Waals surface area contributed by atoms with Gasteiger partial charge in [0.1, 0.15) is 16.4 Å². The van der Waals surface area contributed by atoms with Crippen LogP contribution in [0.5, 0.6) is 0 Å². The molecule has 0 unspecified atom stereocenters. The molecule has 0 bridgehead atoms. The lowest BCUT2D eigenvalue weighted by molar-refractivity contribution is 0.280. The first-order chi connectivity index (χ1) is 12.8. The molecule has 0 heterocycles. The number of rotatable bonds is 5. The van der Waals surface area contributed by atoms with E-state index in [1.165, 1.54) is 24.3 Å². The number of benzene rings is 2. The third-order valence-electron chi connectivity index (χ3n) is 5.37. The molecule has 2 aromatic rings. The highest BCUT2D eigenvalue weighted by Gasteiger charge is 2.50. The van der Waals surface area contributed by atoms with Gasteiger partial charge in [0.25, 0.3) is 0 Å². The molecule has 0 saturated heterocycles. The van der Waals surface area contributed by atoms with Crippen LogP contribution in [0.25, 0.3) is 0 Å². The topological polar surface area (TPSA) is 34.1 Å². The van der Waals surface area contributed by atoms with Gasteiger partial charge < -0.3 is 0 Å². The van der Waals surface area contributed by atoms with Crippen molar-refractivity contribution >= 4 is 21.4 Å². The molecule has 0 radical (unpaired) electrons. The summed E-state index contributed by atoms with van der Waals surface area (Å²) < 4.78 is 54.6. The van der Waals surface area contributed by atoms with Gasteiger partial charge in [0.05, 0.1) is 4.90 Å². The first-order valence-corrected chi connectivity index (χ1v) is 10.7. The van der Waals surface area contributed by atoms with Crippen molar-refractivity contribution in [2.75, 3.05) is 0 Å². The molecular formula is C21H21ClF2O2S. The Kier molecular flexibility index (Phi) is 5.73. The van der Waals surface area contributed by atoms with Crippen molar-refractivity contribution in [1.82, 2.24) is 0 Å². The first-order valence-electron chi connectivity index (χ1n) is 8.87. The van der Waals surface area contributed by atoms with Crippen LogP contribution >= 0.6 is 11.6 Å². The molecule has 27 heavy (non-hydrogen) atoms. The predicted molar refractivity (Wildman–Crippen MR) is 103 cm³/mol. The van der Waals surface area contributed by atoms with Crippen LogP contribution in [-0.4, -0.2) is 8.42 Å². The molecule has 1 aliphatic carbocycles. The Bertz CT molecular complexity index is 941. The third kappa shape index (κ3) is 3.67. The number of hydrogen-bond acceptors (Lipinski definition) is 2. The fourth-order valence-corrected chi connectivity index (χ4v) is 6.49. The molecule has 2 aromatic carbocycles. The third-order valence-corrected chi connectivity index (χ3v) is 8.13. The predicted octanol–water partition coefficient (Wildman–Crippen LogP) is 6.05. The highest BCUT2D eigenvalue weighted by molar-refractivity contribution is 7.92. The van der Waals surface area contributed by atoms with Crippen LogP contribution in [0.15, 0.2) is 60.0 Å². The Hall–Kier alpha value is -1.72. The van der Waals surface area contributed by atoms with E-state index in [2.05, 4.69) is 6.58 Å². The van der Waals surface area contributed by atoms with Gasteiger partial charge in [0.2, 0.25) is 0 Å². The van der Waals surface area contributed by atoms with Gasteiger partial charge in [-0.15, -0.1) is 6.58 Å². The molecule has 1 aliphatic rings. The van der Waals surface area contributed by atoms with Crippen molar-refractivity contribution < 1.29 is 17.2 Å². The standard InChI is InChI=1S/C21H21ClF2O2S/c1-2-4-15-5-3-12-21(14-15,19-13-17(23)8-11-20(19)24)27(25,26)18-9-6-16(22)7-10-18/h2,6-11,13,15H,1,3-5,12,14H2/t15-,21+/m1/s1. The number of hydrogen-bond donors (Lipinski definition) is 0. The maximum absolute atomic E-state index is 14.7. The molecule has 3 rings (SSSR count). The molecule has 144 valence electrons. The maximum Gasteiger partial charge on any atom is 0.188 e. The zero-order valence-electron chi connectivity index (χ0n) is 14.8. The molecule has 6 heteroatoms. The number of sulfone groups is 1. The van der Waals surface area contributed by atoms with Gasteiger partial charge in [-0.05, 0) is 67.6 Å². The number of allylic oxidation sites excluding steroid dienone is 1. The van der Waals surface area contributed by atoms with Crippen LogP contribution in [0.1, 0.15) is 37.7 Å². The summed E-state index contributed by atoms with van der Waals surface area (Å²) >= 11 is 5.89. The number of halogens is 3. The largest absolute Gasteiger partial charge is 0.223 e. The zero-order chi connectivity index (χ0) is 19.7. The second-order valence-electron chi connectivity index (χ2n) is 7.06. The monoisotopic (exact) mass is 410 g/mol. The summed E-state index contributed by atoms with van der Waals surface area (Å²) in [4.78, 5) is 0.0646. The zero-order valence-corrected chi connectivity index (χ0v) is 16.4.